The molecule has 0 unspecified atom stereocenters. The summed E-state index contributed by atoms with van der Waals surface area (Å²) < 4.78 is 29.5. The Morgan fingerprint density at radius 1 is 0.923 bits per heavy atom. The zero-order valence-corrected chi connectivity index (χ0v) is 25.2. The van der Waals surface area contributed by atoms with Gasteiger partial charge >= 0.3 is 0 Å². The molecule has 0 saturated heterocycles. The molecule has 0 heterocycles. The number of sulfonamides is 1. The predicted octanol–water partition coefficient (Wildman–Crippen LogP) is 5.67. The molecule has 39 heavy (non-hydrogen) atoms. The van der Waals surface area contributed by atoms with E-state index in [-0.39, 0.29) is 23.4 Å². The second-order valence-corrected chi connectivity index (χ2v) is 12.3. The fourth-order valence-electron chi connectivity index (χ4n) is 4.22. The zero-order chi connectivity index (χ0) is 28.6. The van der Waals surface area contributed by atoms with Crippen LogP contribution >= 0.6 is 15.9 Å². The zero-order valence-electron chi connectivity index (χ0n) is 22.8. The van der Waals surface area contributed by atoms with Gasteiger partial charge in [-0.25, -0.2) is 8.42 Å². The van der Waals surface area contributed by atoms with Crippen molar-refractivity contribution in [2.24, 2.45) is 0 Å². The molecule has 7 nitrogen and oxygen atoms in total. The summed E-state index contributed by atoms with van der Waals surface area (Å²) in [6, 6.07) is 21.7. The first-order chi connectivity index (χ1) is 18.6. The Balaban J connectivity index is 2.04. The van der Waals surface area contributed by atoms with Crippen LogP contribution in [0.1, 0.15) is 44.7 Å². The maximum absolute atomic E-state index is 14.1. The Labute approximate surface area is 240 Å². The summed E-state index contributed by atoms with van der Waals surface area (Å²) in [4.78, 5) is 28.9. The van der Waals surface area contributed by atoms with Gasteiger partial charge in [-0.05, 0) is 68.7 Å². The number of halogens is 1. The van der Waals surface area contributed by atoms with E-state index < -0.39 is 28.5 Å². The van der Waals surface area contributed by atoms with Gasteiger partial charge in [0.15, 0.2) is 0 Å². The number of aryl methyl sites for hydroxylation is 1. The third kappa shape index (κ3) is 7.92. The van der Waals surface area contributed by atoms with Crippen LogP contribution in [0, 0.1) is 6.92 Å². The van der Waals surface area contributed by atoms with Crippen molar-refractivity contribution in [3.05, 3.63) is 94.5 Å². The highest BCUT2D eigenvalue weighted by Crippen LogP contribution is 2.26. The molecule has 208 valence electrons. The van der Waals surface area contributed by atoms with E-state index in [1.54, 1.807) is 42.5 Å². The number of rotatable bonds is 12. The summed E-state index contributed by atoms with van der Waals surface area (Å²) in [5.41, 5.74) is 2.24. The van der Waals surface area contributed by atoms with Gasteiger partial charge in [-0.2, -0.15) is 0 Å². The first-order valence-electron chi connectivity index (χ1n) is 13.1. The second kappa shape index (κ2) is 13.8. The summed E-state index contributed by atoms with van der Waals surface area (Å²) in [5.74, 6) is -0.723. The quantitative estimate of drug-likeness (QED) is 0.285. The summed E-state index contributed by atoms with van der Waals surface area (Å²) in [6.45, 7) is 7.42. The molecule has 0 bridgehead atoms. The average molecular weight is 615 g/mol. The van der Waals surface area contributed by atoms with Crippen LogP contribution in [0.15, 0.2) is 88.2 Å². The third-order valence-electron chi connectivity index (χ3n) is 6.55. The molecule has 3 aromatic rings. The van der Waals surface area contributed by atoms with Gasteiger partial charge in [-0.1, -0.05) is 77.8 Å². The Kier molecular flexibility index (Phi) is 10.7. The molecule has 2 amide bonds. The van der Waals surface area contributed by atoms with Gasteiger partial charge in [-0.15, -0.1) is 0 Å². The van der Waals surface area contributed by atoms with Crippen LogP contribution < -0.4 is 9.62 Å². The number of carbonyl (C=O) groups is 2. The number of nitrogens with one attached hydrogen (secondary N) is 1. The van der Waals surface area contributed by atoms with E-state index >= 15 is 0 Å². The number of hydrogen-bond acceptors (Lipinski definition) is 4. The van der Waals surface area contributed by atoms with Crippen molar-refractivity contribution in [2.45, 2.75) is 64.1 Å². The van der Waals surface area contributed by atoms with E-state index in [9.17, 15) is 18.0 Å². The van der Waals surface area contributed by atoms with Crippen molar-refractivity contribution in [1.82, 2.24) is 10.2 Å². The van der Waals surface area contributed by atoms with Gasteiger partial charge in [0.25, 0.3) is 10.0 Å². The number of carbonyl (C=O) groups excluding carboxylic acids is 2. The molecular formula is C30H36BrN3O4S. The fraction of sp³-hybridized carbons (Fsp3) is 0.333. The van der Waals surface area contributed by atoms with Crippen LogP contribution in [0.5, 0.6) is 0 Å². The Morgan fingerprint density at radius 3 is 2.18 bits per heavy atom. The second-order valence-electron chi connectivity index (χ2n) is 9.55. The summed E-state index contributed by atoms with van der Waals surface area (Å²) in [6.07, 6.45) is 1.13. The van der Waals surface area contributed by atoms with E-state index in [4.69, 9.17) is 0 Å². The van der Waals surface area contributed by atoms with Crippen molar-refractivity contribution < 1.29 is 18.0 Å². The Hall–Kier alpha value is -3.17. The van der Waals surface area contributed by atoms with Crippen LogP contribution in [0.25, 0.3) is 0 Å². The largest absolute Gasteiger partial charge is 0.352 e. The number of benzene rings is 3. The molecule has 0 radical (unpaired) electrons. The van der Waals surface area contributed by atoms with Gasteiger partial charge in [-0.3, -0.25) is 13.9 Å². The van der Waals surface area contributed by atoms with Crippen molar-refractivity contribution in [3.8, 4) is 0 Å². The smallest absolute Gasteiger partial charge is 0.264 e. The van der Waals surface area contributed by atoms with Crippen LogP contribution in [-0.4, -0.2) is 43.8 Å². The molecule has 0 aliphatic rings. The SMILES string of the molecule is CC[C@H](C(=O)N[C@@H](C)CC)N(Cc1cccc(C)c1)C(=O)CN(c1ccc(Br)cc1)S(=O)(=O)c1ccccc1. The summed E-state index contributed by atoms with van der Waals surface area (Å²) in [5, 5.41) is 2.99. The van der Waals surface area contributed by atoms with Gasteiger partial charge < -0.3 is 10.2 Å². The normalized spacial score (nSPS) is 12.8. The standard InChI is InChI=1S/C30H36BrN3O4S/c1-5-23(4)32-30(36)28(6-2)33(20-24-12-10-11-22(3)19-24)29(35)21-34(26-17-15-25(31)16-18-26)39(37,38)27-13-8-7-9-14-27/h7-19,23,28H,5-6,20-21H2,1-4H3,(H,32,36)/t23-,28+/m0/s1. The Bertz CT molecular complexity index is 1360. The van der Waals surface area contributed by atoms with Gasteiger partial charge in [0, 0.05) is 17.1 Å². The number of hydrogen-bond donors (Lipinski definition) is 1. The highest BCUT2D eigenvalue weighted by Gasteiger charge is 2.33. The first-order valence-corrected chi connectivity index (χ1v) is 15.3. The minimum absolute atomic E-state index is 0.0554. The maximum Gasteiger partial charge on any atom is 0.264 e. The van der Waals surface area contributed by atoms with Crippen molar-refractivity contribution in [2.75, 3.05) is 10.8 Å². The van der Waals surface area contributed by atoms with Crippen LogP contribution in [0.2, 0.25) is 0 Å². The lowest BCUT2D eigenvalue weighted by molar-refractivity contribution is -0.140. The molecule has 1 N–H and O–H groups in total. The van der Waals surface area contributed by atoms with Crippen LogP contribution in [0.4, 0.5) is 5.69 Å². The predicted molar refractivity (Wildman–Crippen MR) is 159 cm³/mol. The molecule has 9 heteroatoms. The van der Waals surface area contributed by atoms with E-state index in [1.807, 2.05) is 52.0 Å². The average Bonchev–Trinajstić information content (AvgIpc) is 2.92. The molecule has 0 saturated carbocycles. The first kappa shape index (κ1) is 30.4. The number of nitrogens with zero attached hydrogens (tertiary/aromatic N) is 2. The molecule has 3 aromatic carbocycles. The van der Waals surface area contributed by atoms with Crippen molar-refractivity contribution in [1.29, 1.82) is 0 Å². The van der Waals surface area contributed by atoms with Gasteiger partial charge in [0.2, 0.25) is 11.8 Å². The van der Waals surface area contributed by atoms with Crippen molar-refractivity contribution in [3.63, 3.8) is 0 Å². The van der Waals surface area contributed by atoms with E-state index in [0.717, 1.165) is 26.3 Å². The molecule has 0 spiro atoms. The number of amides is 2. The Morgan fingerprint density at radius 2 is 1.59 bits per heavy atom. The van der Waals surface area contributed by atoms with Crippen LogP contribution in [0.3, 0.4) is 0 Å². The summed E-state index contributed by atoms with van der Waals surface area (Å²) >= 11 is 3.39. The van der Waals surface area contributed by atoms with E-state index in [0.29, 0.717) is 12.1 Å². The highest BCUT2D eigenvalue weighted by molar-refractivity contribution is 9.10. The minimum atomic E-state index is -4.08. The maximum atomic E-state index is 14.1. The van der Waals surface area contributed by atoms with E-state index in [1.165, 1.54) is 17.0 Å². The number of anilines is 1. The van der Waals surface area contributed by atoms with E-state index in [2.05, 4.69) is 21.2 Å². The lowest BCUT2D eigenvalue weighted by atomic mass is 10.1. The molecule has 0 aromatic heterocycles. The lowest BCUT2D eigenvalue weighted by Gasteiger charge is -2.33. The monoisotopic (exact) mass is 613 g/mol. The molecule has 3 rings (SSSR count). The van der Waals surface area contributed by atoms with Crippen molar-refractivity contribution >= 4 is 43.5 Å². The highest BCUT2D eigenvalue weighted by atomic mass is 79.9. The minimum Gasteiger partial charge on any atom is -0.352 e. The topological polar surface area (TPSA) is 86.8 Å². The fourth-order valence-corrected chi connectivity index (χ4v) is 5.92. The molecule has 0 aliphatic heterocycles. The summed E-state index contributed by atoms with van der Waals surface area (Å²) in [7, 11) is -4.08. The van der Waals surface area contributed by atoms with Gasteiger partial charge in [0.1, 0.15) is 12.6 Å². The molecule has 2 atom stereocenters. The molecule has 0 fully saturated rings. The molecule has 0 aliphatic carbocycles. The third-order valence-corrected chi connectivity index (χ3v) is 8.86. The van der Waals surface area contributed by atoms with Crippen LogP contribution in [-0.2, 0) is 26.2 Å². The molecular weight excluding hydrogens is 578 g/mol. The lowest BCUT2D eigenvalue weighted by Crippen LogP contribution is -2.53. The van der Waals surface area contributed by atoms with Gasteiger partial charge in [0.05, 0.1) is 10.6 Å².